The first kappa shape index (κ1) is 80.1. The summed E-state index contributed by atoms with van der Waals surface area (Å²) >= 11 is 12.8. The maximum Gasteiger partial charge on any atom is 0.425 e. The lowest BCUT2D eigenvalue weighted by molar-refractivity contribution is 0.102. The third-order valence-corrected chi connectivity index (χ3v) is 19.3. The van der Waals surface area contributed by atoms with Gasteiger partial charge in [0.15, 0.2) is 23.1 Å². The number of anilines is 8. The molecule has 10 N–H and O–H groups in total. The highest BCUT2D eigenvalue weighted by atomic mass is 35.5. The normalized spacial score (nSPS) is 11.7. The molecule has 8 aromatic carbocycles. The average Bonchev–Trinajstić information content (AvgIpc) is 0.293. The molecule has 570 valence electrons. The molecule has 112 heavy (non-hydrogen) atoms. The van der Waals surface area contributed by atoms with Crippen molar-refractivity contribution in [2.45, 2.75) is 21.1 Å². The van der Waals surface area contributed by atoms with Gasteiger partial charge in [0.2, 0.25) is 28.4 Å². The zero-order valence-electron chi connectivity index (χ0n) is 55.5. The van der Waals surface area contributed by atoms with Gasteiger partial charge in [0.05, 0.1) is 49.1 Å². The van der Waals surface area contributed by atoms with Crippen LogP contribution >= 0.6 is 23.2 Å². The number of pyridine rings is 2. The van der Waals surface area contributed by atoms with E-state index in [9.17, 15) is 67.7 Å². The Morgan fingerprint density at radius 3 is 1.36 bits per heavy atom. The van der Waals surface area contributed by atoms with Gasteiger partial charge in [0.1, 0.15) is 10.7 Å². The van der Waals surface area contributed by atoms with Crippen molar-refractivity contribution < 1.29 is 96.0 Å². The summed E-state index contributed by atoms with van der Waals surface area (Å²) in [7, 11) is -24.0. The molecule has 0 bridgehead atoms. The fraction of sp³-hybridized carbons (Fsp3) is 0.0448. The Kier molecular flexibility index (Phi) is 23.4. The molecule has 37 nitrogen and oxygen atoms in total. The number of benzene rings is 8. The zero-order chi connectivity index (χ0) is 81.0. The number of hydrogen-bond donors (Lipinski definition) is 10. The predicted molar refractivity (Wildman–Crippen MR) is 397 cm³/mol. The minimum atomic E-state index is -5.02. The fourth-order valence-corrected chi connectivity index (χ4v) is 14.3. The first-order chi connectivity index (χ1) is 52.9. The summed E-state index contributed by atoms with van der Waals surface area (Å²) in [6.45, 7) is 0.0699. The van der Waals surface area contributed by atoms with Crippen LogP contribution in [0.1, 0.15) is 75.1 Å². The molecule has 0 atom stereocenters. The quantitative estimate of drug-likeness (QED) is 0.0208. The number of ketones is 4. The van der Waals surface area contributed by atoms with Crippen LogP contribution in [0.4, 0.5) is 46.3 Å². The number of aromatic amines is 2. The summed E-state index contributed by atoms with van der Waals surface area (Å²) in [5.74, 6) is -2.94. The Balaban J connectivity index is 0.000000966. The Morgan fingerprint density at radius 1 is 0.411 bits per heavy atom. The topological polar surface area (TPSA) is 588 Å². The largest absolute Gasteiger partial charge is 0.425 e. The lowest BCUT2D eigenvalue weighted by Gasteiger charge is -2.24. The van der Waals surface area contributed by atoms with Gasteiger partial charge in [-0.1, -0.05) is 91.0 Å². The Bertz CT molecular complexity index is 6830. The van der Waals surface area contributed by atoms with Crippen molar-refractivity contribution in [3.8, 4) is 22.3 Å². The van der Waals surface area contributed by atoms with E-state index in [0.29, 0.717) is 10.9 Å². The summed E-state index contributed by atoms with van der Waals surface area (Å²) in [5.41, 5.74) is -0.584. The van der Waals surface area contributed by atoms with E-state index in [4.69, 9.17) is 61.1 Å². The first-order valence-corrected chi connectivity index (χ1v) is 39.1. The second-order valence-electron chi connectivity index (χ2n) is 23.1. The maximum atomic E-state index is 14.6. The van der Waals surface area contributed by atoms with Crippen molar-refractivity contribution in [3.63, 3.8) is 0 Å². The number of carbonyl (C=O) groups excluding carboxylic acids is 4. The zero-order valence-corrected chi connectivity index (χ0v) is 61.9. The molecule has 0 radical (unpaired) electrons. The number of halogens is 2. The summed E-state index contributed by atoms with van der Waals surface area (Å²) in [4.78, 5) is 114. The third kappa shape index (κ3) is 17.8. The van der Waals surface area contributed by atoms with E-state index in [0.717, 1.165) is 24.3 Å². The van der Waals surface area contributed by atoms with Crippen molar-refractivity contribution in [1.29, 1.82) is 0 Å². The number of fused-ring (bicyclic) bond motifs is 4. The highest BCUT2D eigenvalue weighted by Crippen LogP contribution is 2.46. The lowest BCUT2D eigenvalue weighted by atomic mass is 9.80. The molecule has 0 saturated heterocycles. The van der Waals surface area contributed by atoms with E-state index in [1.54, 1.807) is 78.9 Å². The third-order valence-electron chi connectivity index (χ3n) is 16.3. The summed E-state index contributed by atoms with van der Waals surface area (Å²) in [6.07, 6.45) is -0.348. The van der Waals surface area contributed by atoms with E-state index in [2.05, 4.69) is 66.5 Å². The molecule has 12 aromatic rings. The van der Waals surface area contributed by atoms with E-state index >= 15 is 0 Å². The molecule has 4 heterocycles. The van der Waals surface area contributed by atoms with Gasteiger partial charge in [-0.2, -0.15) is 50.2 Å². The molecule has 0 spiro atoms. The van der Waals surface area contributed by atoms with Gasteiger partial charge in [-0.05, 0) is 113 Å². The van der Waals surface area contributed by atoms with Gasteiger partial charge in [0.25, 0.3) is 41.5 Å². The molecule has 0 amide bonds. The molecule has 0 aliphatic heterocycles. The maximum absolute atomic E-state index is 14.6. The predicted octanol–water partition coefficient (Wildman–Crippen LogP) is 7.00. The molecule has 4 aromatic heterocycles. The summed E-state index contributed by atoms with van der Waals surface area (Å²) < 4.78 is 183. The van der Waals surface area contributed by atoms with Gasteiger partial charge in [0, 0.05) is 86.1 Å². The molecule has 2 aliphatic rings. The number of aromatic nitrogens is 8. The van der Waals surface area contributed by atoms with Gasteiger partial charge in [-0.3, -0.25) is 42.4 Å². The second-order valence-corrected chi connectivity index (χ2v) is 29.2. The van der Waals surface area contributed by atoms with Crippen molar-refractivity contribution in [1.82, 2.24) is 39.9 Å². The van der Waals surface area contributed by atoms with Crippen LogP contribution in [-0.2, 0) is 68.6 Å². The van der Waals surface area contributed by atoms with Crippen molar-refractivity contribution in [2.24, 2.45) is 0 Å². The Morgan fingerprint density at radius 2 is 0.848 bits per heavy atom. The standard InChI is InChI=1S/C67H43Cl2N13O15S3.3O3S/c68-63-77-48(29-33-27-34(17-23-46(33)99(92,93)94)72-43-21-19-41-51-49(37-13-4-6-15-39(37)59(85)53(43)51)55(61(87)75-41)57(83)31-9-2-1-3-10-31)78-65(79-63)70-25-26-71-66-80-64(69)81-67(82-66)73-35-18-24-47(100(95,96)97)45(30-35)74-44-22-20-42-52-50(38-14-5-7-16-40(38)60(86)54(44)52)56(62(88)76-42)58(84)32-11-8-12-36(28-32)98(89,90)91;3*1-4(2)3/h1-24,27-28,30,72,74H,25-26,29H2,(H,75,87)(H,76,88)(H,89,90,91)(H,92,93,94)(H,95,96,97)(H,70,77,78,79)(H2,71,73,80,81,82);;;. The SMILES string of the molecule is O=C(c1ccccc1)c1c2c3c(c(Nc4ccc(S(=O)(=O)O)c(Cc5nc(Cl)nc(NCCNc6nc(Cl)nc(Nc7ccc(S(=O)(=O)O)c(Nc8ccc9[nH]c(=O)c(C(=O)c%10cccc(S(=O)(=O)O)c%10)c%10c9c8C(=O)c8ccccc8-%10)c7)n6)n5)c4)ccc3[nH]c1=O)C(=O)c1ccccc1-2.O=S(=O)=O.O=S(=O)=O.O=S(=O)=O. The van der Waals surface area contributed by atoms with Gasteiger partial charge in [-0.25, -0.2) is 4.98 Å². The Hall–Kier alpha value is -13.0. The molecular weight excluding hydrogens is 1630 g/mol. The number of nitrogens with one attached hydrogen (secondary N) is 7. The van der Waals surface area contributed by atoms with E-state index in [1.165, 1.54) is 60.7 Å². The van der Waals surface area contributed by atoms with Crippen LogP contribution in [0.3, 0.4) is 0 Å². The number of hydrogen-bond acceptors (Lipinski definition) is 32. The van der Waals surface area contributed by atoms with Gasteiger partial charge in [-0.15, -0.1) is 37.9 Å². The number of carbonyl (C=O) groups is 4. The van der Waals surface area contributed by atoms with Crippen LogP contribution in [0.25, 0.3) is 44.1 Å². The van der Waals surface area contributed by atoms with Gasteiger partial charge >= 0.3 is 31.8 Å². The Labute approximate surface area is 642 Å². The minimum absolute atomic E-state index is 0.00572. The van der Waals surface area contributed by atoms with Crippen molar-refractivity contribution in [2.75, 3.05) is 39.7 Å². The molecule has 45 heteroatoms. The highest BCUT2D eigenvalue weighted by molar-refractivity contribution is 7.86. The van der Waals surface area contributed by atoms with Crippen LogP contribution < -0.4 is 37.7 Å². The minimum Gasteiger partial charge on any atom is -0.355 e. The van der Waals surface area contributed by atoms with Crippen LogP contribution in [0.5, 0.6) is 0 Å². The van der Waals surface area contributed by atoms with Crippen LogP contribution in [0.2, 0.25) is 10.6 Å². The molecule has 2 aliphatic carbocycles. The van der Waals surface area contributed by atoms with Crippen LogP contribution in [-0.4, -0.2) is 153 Å². The molecule has 14 rings (SSSR count). The van der Waals surface area contributed by atoms with E-state index in [-0.39, 0.29) is 160 Å². The average molecular weight is 1680 g/mol. The lowest BCUT2D eigenvalue weighted by Crippen LogP contribution is -2.24. The number of nitrogens with zero attached hydrogens (tertiary/aromatic N) is 6. The summed E-state index contributed by atoms with van der Waals surface area (Å²) in [6, 6.07) is 38.7. The molecule has 0 saturated carbocycles. The smallest absolute Gasteiger partial charge is 0.355 e. The fourth-order valence-electron chi connectivity index (χ4n) is 12.1. The first-order valence-electron chi connectivity index (χ1n) is 31.0. The van der Waals surface area contributed by atoms with Crippen LogP contribution in [0, 0.1) is 0 Å². The molecule has 0 fully saturated rings. The number of rotatable bonds is 20. The molecule has 0 unspecified atom stereocenters. The highest BCUT2D eigenvalue weighted by Gasteiger charge is 2.36. The van der Waals surface area contributed by atoms with Crippen molar-refractivity contribution >= 4 is 177 Å². The number of H-pyrrole nitrogens is 2. The van der Waals surface area contributed by atoms with E-state index in [1.807, 2.05) is 0 Å². The van der Waals surface area contributed by atoms with Gasteiger partial charge < -0.3 is 36.6 Å². The van der Waals surface area contributed by atoms with Crippen LogP contribution in [0.15, 0.2) is 188 Å². The second kappa shape index (κ2) is 32.7. The molecular formula is C67H43Cl2N13O24S6. The van der Waals surface area contributed by atoms with E-state index < -0.39 is 117 Å². The monoisotopic (exact) mass is 1680 g/mol. The van der Waals surface area contributed by atoms with Crippen molar-refractivity contribution in [3.05, 3.63) is 251 Å². The summed E-state index contributed by atoms with van der Waals surface area (Å²) in [5, 5.41) is 14.7.